The van der Waals surface area contributed by atoms with Crippen LogP contribution in [0.15, 0.2) is 24.3 Å². The van der Waals surface area contributed by atoms with E-state index in [1.165, 1.54) is 5.56 Å². The molecule has 2 rings (SSSR count). The van der Waals surface area contributed by atoms with Crippen molar-refractivity contribution in [1.82, 2.24) is 10.2 Å². The van der Waals surface area contributed by atoms with Gasteiger partial charge in [0.05, 0.1) is 0 Å². The predicted molar refractivity (Wildman–Crippen MR) is 78.6 cm³/mol. The molecular formula is C15H23N3O. The number of piperazine rings is 1. The van der Waals surface area contributed by atoms with Crippen molar-refractivity contribution in [1.29, 1.82) is 0 Å². The number of hydrogen-bond donors (Lipinski definition) is 2. The van der Waals surface area contributed by atoms with E-state index in [-0.39, 0.29) is 6.03 Å². The molecule has 0 aromatic heterocycles. The van der Waals surface area contributed by atoms with E-state index in [1.54, 1.807) is 0 Å². The molecular weight excluding hydrogens is 238 g/mol. The summed E-state index contributed by atoms with van der Waals surface area (Å²) in [7, 11) is 0. The fourth-order valence-corrected chi connectivity index (χ4v) is 2.20. The summed E-state index contributed by atoms with van der Waals surface area (Å²) in [4.78, 5) is 13.9. The summed E-state index contributed by atoms with van der Waals surface area (Å²) in [6.45, 7) is 7.70. The van der Waals surface area contributed by atoms with E-state index in [0.29, 0.717) is 5.92 Å². The summed E-state index contributed by atoms with van der Waals surface area (Å²) in [5, 5.41) is 6.19. The van der Waals surface area contributed by atoms with E-state index in [4.69, 9.17) is 0 Å². The lowest BCUT2D eigenvalue weighted by atomic mass is 9.99. The second-order valence-corrected chi connectivity index (χ2v) is 5.10. The first-order valence-electron chi connectivity index (χ1n) is 7.07. The molecule has 2 N–H and O–H groups in total. The van der Waals surface area contributed by atoms with Crippen molar-refractivity contribution in [3.63, 3.8) is 0 Å². The van der Waals surface area contributed by atoms with Crippen molar-refractivity contribution >= 4 is 11.7 Å². The first-order chi connectivity index (χ1) is 9.20. The van der Waals surface area contributed by atoms with Gasteiger partial charge in [0, 0.05) is 31.9 Å². The van der Waals surface area contributed by atoms with Crippen LogP contribution in [0, 0.1) is 0 Å². The minimum Gasteiger partial charge on any atom is -0.322 e. The fourth-order valence-electron chi connectivity index (χ4n) is 2.20. The number of nitrogens with one attached hydrogen (secondary N) is 2. The van der Waals surface area contributed by atoms with Gasteiger partial charge in [-0.05, 0) is 30.0 Å². The van der Waals surface area contributed by atoms with E-state index >= 15 is 0 Å². The molecule has 4 nitrogen and oxygen atoms in total. The molecule has 1 fully saturated rings. The third-order valence-electron chi connectivity index (χ3n) is 3.75. The molecule has 19 heavy (non-hydrogen) atoms. The van der Waals surface area contributed by atoms with E-state index in [2.05, 4.69) is 36.6 Å². The molecule has 0 bridgehead atoms. The van der Waals surface area contributed by atoms with Crippen molar-refractivity contribution in [3.05, 3.63) is 29.8 Å². The smallest absolute Gasteiger partial charge is 0.321 e. The SMILES string of the molecule is CCC(C)c1ccc(NC(=O)N2CCNCC2)cc1. The Kier molecular flexibility index (Phi) is 4.80. The molecule has 0 spiro atoms. The molecule has 1 heterocycles. The standard InChI is InChI=1S/C15H23N3O/c1-3-12(2)13-4-6-14(7-5-13)17-15(19)18-10-8-16-9-11-18/h4-7,12,16H,3,8-11H2,1-2H3,(H,17,19). The van der Waals surface area contributed by atoms with E-state index in [0.717, 1.165) is 38.3 Å². The van der Waals surface area contributed by atoms with Gasteiger partial charge in [0.1, 0.15) is 0 Å². The Labute approximate surface area is 115 Å². The van der Waals surface area contributed by atoms with Gasteiger partial charge in [-0.1, -0.05) is 26.0 Å². The fraction of sp³-hybridized carbons (Fsp3) is 0.533. The highest BCUT2D eigenvalue weighted by Gasteiger charge is 2.15. The van der Waals surface area contributed by atoms with E-state index in [9.17, 15) is 4.79 Å². The van der Waals surface area contributed by atoms with Gasteiger partial charge in [0.2, 0.25) is 0 Å². The molecule has 104 valence electrons. The number of anilines is 1. The van der Waals surface area contributed by atoms with Crippen molar-refractivity contribution in [2.75, 3.05) is 31.5 Å². The Bertz CT molecular complexity index is 410. The number of amides is 2. The zero-order chi connectivity index (χ0) is 13.7. The monoisotopic (exact) mass is 261 g/mol. The van der Waals surface area contributed by atoms with Crippen LogP contribution in [0.2, 0.25) is 0 Å². The molecule has 0 saturated carbocycles. The highest BCUT2D eigenvalue weighted by molar-refractivity contribution is 5.89. The molecule has 1 aromatic carbocycles. The largest absolute Gasteiger partial charge is 0.322 e. The summed E-state index contributed by atoms with van der Waals surface area (Å²) in [6.07, 6.45) is 1.13. The molecule has 1 atom stereocenters. The van der Waals surface area contributed by atoms with Crippen LogP contribution >= 0.6 is 0 Å². The van der Waals surface area contributed by atoms with Crippen LogP contribution in [0.4, 0.5) is 10.5 Å². The van der Waals surface area contributed by atoms with Crippen LogP contribution in [0.5, 0.6) is 0 Å². The number of urea groups is 1. The Morgan fingerprint density at radius 2 is 1.95 bits per heavy atom. The minimum atomic E-state index is -0.00205. The first-order valence-corrected chi connectivity index (χ1v) is 7.07. The Hall–Kier alpha value is -1.55. The molecule has 1 aromatic rings. The maximum Gasteiger partial charge on any atom is 0.321 e. The quantitative estimate of drug-likeness (QED) is 0.878. The molecule has 1 saturated heterocycles. The van der Waals surface area contributed by atoms with Gasteiger partial charge in [-0.2, -0.15) is 0 Å². The number of carbonyl (C=O) groups excluding carboxylic acids is 1. The van der Waals surface area contributed by atoms with Gasteiger partial charge >= 0.3 is 6.03 Å². The highest BCUT2D eigenvalue weighted by atomic mass is 16.2. The maximum absolute atomic E-state index is 12.0. The van der Waals surface area contributed by atoms with Gasteiger partial charge in [-0.15, -0.1) is 0 Å². The van der Waals surface area contributed by atoms with Crippen LogP contribution < -0.4 is 10.6 Å². The topological polar surface area (TPSA) is 44.4 Å². The summed E-state index contributed by atoms with van der Waals surface area (Å²) in [5.74, 6) is 0.568. The third-order valence-corrected chi connectivity index (χ3v) is 3.75. The Balaban J connectivity index is 1.93. The second kappa shape index (κ2) is 6.57. The maximum atomic E-state index is 12.0. The number of nitrogens with zero attached hydrogens (tertiary/aromatic N) is 1. The minimum absolute atomic E-state index is 0.00205. The van der Waals surface area contributed by atoms with Crippen molar-refractivity contribution in [3.8, 4) is 0 Å². The van der Waals surface area contributed by atoms with Gasteiger partial charge in [0.25, 0.3) is 0 Å². The molecule has 1 aliphatic heterocycles. The highest BCUT2D eigenvalue weighted by Crippen LogP contribution is 2.20. The summed E-state index contributed by atoms with van der Waals surface area (Å²) in [6, 6.07) is 8.17. The lowest BCUT2D eigenvalue weighted by molar-refractivity contribution is 0.204. The van der Waals surface area contributed by atoms with Gasteiger partial charge in [-0.25, -0.2) is 4.79 Å². The predicted octanol–water partition coefficient (Wildman–Crippen LogP) is 2.64. The van der Waals surface area contributed by atoms with Crippen LogP contribution in [0.1, 0.15) is 31.7 Å². The normalized spacial score (nSPS) is 17.1. The van der Waals surface area contributed by atoms with Crippen LogP contribution in [0.3, 0.4) is 0 Å². The molecule has 0 aliphatic carbocycles. The van der Waals surface area contributed by atoms with Gasteiger partial charge in [0.15, 0.2) is 0 Å². The lowest BCUT2D eigenvalue weighted by Crippen LogP contribution is -2.48. The van der Waals surface area contributed by atoms with Crippen LogP contribution in [-0.4, -0.2) is 37.1 Å². The van der Waals surface area contributed by atoms with Crippen LogP contribution in [-0.2, 0) is 0 Å². The number of benzene rings is 1. The average molecular weight is 261 g/mol. The van der Waals surface area contributed by atoms with Gasteiger partial charge in [-0.3, -0.25) is 0 Å². The number of rotatable bonds is 3. The Morgan fingerprint density at radius 1 is 1.32 bits per heavy atom. The van der Waals surface area contributed by atoms with Crippen molar-refractivity contribution < 1.29 is 4.79 Å². The van der Waals surface area contributed by atoms with E-state index < -0.39 is 0 Å². The van der Waals surface area contributed by atoms with Crippen molar-refractivity contribution in [2.24, 2.45) is 0 Å². The zero-order valence-electron chi connectivity index (χ0n) is 11.8. The summed E-state index contributed by atoms with van der Waals surface area (Å²) in [5.41, 5.74) is 2.19. The first kappa shape index (κ1) is 13.9. The molecule has 2 amide bonds. The second-order valence-electron chi connectivity index (χ2n) is 5.10. The summed E-state index contributed by atoms with van der Waals surface area (Å²) >= 11 is 0. The average Bonchev–Trinajstić information content (AvgIpc) is 2.48. The lowest BCUT2D eigenvalue weighted by Gasteiger charge is -2.27. The number of carbonyl (C=O) groups is 1. The van der Waals surface area contributed by atoms with Crippen LogP contribution in [0.25, 0.3) is 0 Å². The van der Waals surface area contributed by atoms with E-state index in [1.807, 2.05) is 17.0 Å². The molecule has 1 unspecified atom stereocenters. The molecule has 1 aliphatic rings. The zero-order valence-corrected chi connectivity index (χ0v) is 11.8. The number of hydrogen-bond acceptors (Lipinski definition) is 2. The molecule has 4 heteroatoms. The third kappa shape index (κ3) is 3.70. The van der Waals surface area contributed by atoms with Crippen molar-refractivity contribution in [2.45, 2.75) is 26.2 Å². The summed E-state index contributed by atoms with van der Waals surface area (Å²) < 4.78 is 0. The Morgan fingerprint density at radius 3 is 2.53 bits per heavy atom. The molecule has 0 radical (unpaired) electrons. The van der Waals surface area contributed by atoms with Gasteiger partial charge < -0.3 is 15.5 Å².